The van der Waals surface area contributed by atoms with E-state index in [9.17, 15) is 9.50 Å². The number of aromatic hydroxyl groups is 1. The summed E-state index contributed by atoms with van der Waals surface area (Å²) in [6.07, 6.45) is 1.28. The summed E-state index contributed by atoms with van der Waals surface area (Å²) in [5, 5.41) is 9.30. The maximum Gasteiger partial charge on any atom is 0.230 e. The lowest BCUT2D eigenvalue weighted by Crippen LogP contribution is -1.87. The van der Waals surface area contributed by atoms with Gasteiger partial charge in [-0.1, -0.05) is 24.3 Å². The van der Waals surface area contributed by atoms with Crippen molar-refractivity contribution < 1.29 is 9.50 Å². The van der Waals surface area contributed by atoms with Gasteiger partial charge in [-0.2, -0.15) is 0 Å². The van der Waals surface area contributed by atoms with Crippen molar-refractivity contribution in [3.05, 3.63) is 54.5 Å². The van der Waals surface area contributed by atoms with Crippen LogP contribution in [0.2, 0.25) is 0 Å². The Morgan fingerprint density at radius 3 is 2.67 bits per heavy atom. The van der Waals surface area contributed by atoms with Crippen LogP contribution < -0.4 is 0 Å². The summed E-state index contributed by atoms with van der Waals surface area (Å²) in [6.45, 7) is 0. The molecule has 0 bridgehead atoms. The van der Waals surface area contributed by atoms with Crippen LogP contribution in [0.5, 0.6) is 5.88 Å². The lowest BCUT2D eigenvalue weighted by molar-refractivity contribution is 0.453. The Morgan fingerprint density at radius 1 is 1.00 bits per heavy atom. The SMILES string of the molecule is Oc1cnc2ccc(-c3ccccc3F)cc2n1. The van der Waals surface area contributed by atoms with E-state index in [1.54, 1.807) is 36.4 Å². The summed E-state index contributed by atoms with van der Waals surface area (Å²) in [5.74, 6) is -0.432. The molecule has 0 aliphatic heterocycles. The van der Waals surface area contributed by atoms with Crippen LogP contribution in [0.25, 0.3) is 22.2 Å². The second-order valence-corrected chi connectivity index (χ2v) is 3.91. The third-order valence-corrected chi connectivity index (χ3v) is 2.71. The second kappa shape index (κ2) is 4.07. The van der Waals surface area contributed by atoms with E-state index in [4.69, 9.17) is 0 Å². The van der Waals surface area contributed by atoms with E-state index in [0.717, 1.165) is 0 Å². The van der Waals surface area contributed by atoms with Gasteiger partial charge in [-0.3, -0.25) is 0 Å². The standard InChI is InChI=1S/C14H9FN2O/c15-11-4-2-1-3-10(11)9-5-6-12-13(7-9)17-14(18)8-16-12/h1-8H,(H,17,18). The minimum absolute atomic E-state index is 0.145. The van der Waals surface area contributed by atoms with Crippen LogP contribution in [-0.4, -0.2) is 15.1 Å². The summed E-state index contributed by atoms with van der Waals surface area (Å²) in [5.41, 5.74) is 2.41. The van der Waals surface area contributed by atoms with Crippen molar-refractivity contribution in [3.63, 3.8) is 0 Å². The van der Waals surface area contributed by atoms with Gasteiger partial charge in [-0.25, -0.2) is 14.4 Å². The summed E-state index contributed by atoms with van der Waals surface area (Å²) < 4.78 is 13.7. The number of halogens is 1. The van der Waals surface area contributed by atoms with Gasteiger partial charge in [-0.05, 0) is 23.8 Å². The predicted molar refractivity (Wildman–Crippen MR) is 66.6 cm³/mol. The highest BCUT2D eigenvalue weighted by Crippen LogP contribution is 2.25. The van der Waals surface area contributed by atoms with Crippen LogP contribution in [0.4, 0.5) is 4.39 Å². The number of fused-ring (bicyclic) bond motifs is 1. The average Bonchev–Trinajstić information content (AvgIpc) is 2.38. The van der Waals surface area contributed by atoms with E-state index >= 15 is 0 Å². The molecule has 1 N–H and O–H groups in total. The Balaban J connectivity index is 2.22. The van der Waals surface area contributed by atoms with Gasteiger partial charge in [0.05, 0.1) is 17.2 Å². The minimum atomic E-state index is -0.287. The van der Waals surface area contributed by atoms with Gasteiger partial charge in [0.15, 0.2) is 0 Å². The lowest BCUT2D eigenvalue weighted by Gasteiger charge is -2.04. The van der Waals surface area contributed by atoms with E-state index in [1.807, 2.05) is 0 Å². The van der Waals surface area contributed by atoms with Crippen LogP contribution in [0, 0.1) is 5.82 Å². The van der Waals surface area contributed by atoms with Gasteiger partial charge in [0.2, 0.25) is 5.88 Å². The number of aromatic nitrogens is 2. The predicted octanol–water partition coefficient (Wildman–Crippen LogP) is 3.14. The van der Waals surface area contributed by atoms with E-state index in [1.165, 1.54) is 12.3 Å². The molecule has 0 aliphatic carbocycles. The fraction of sp³-hybridized carbons (Fsp3) is 0. The van der Waals surface area contributed by atoms with Crippen molar-refractivity contribution in [3.8, 4) is 17.0 Å². The first-order chi connectivity index (χ1) is 8.74. The third-order valence-electron chi connectivity index (χ3n) is 2.71. The molecule has 0 saturated heterocycles. The van der Waals surface area contributed by atoms with Crippen molar-refractivity contribution in [2.75, 3.05) is 0 Å². The fourth-order valence-electron chi connectivity index (χ4n) is 1.86. The van der Waals surface area contributed by atoms with Gasteiger partial charge in [0.1, 0.15) is 5.82 Å². The molecule has 3 aromatic rings. The van der Waals surface area contributed by atoms with E-state index in [2.05, 4.69) is 9.97 Å². The number of rotatable bonds is 1. The topological polar surface area (TPSA) is 46.0 Å². The molecule has 88 valence electrons. The number of hydrogen-bond acceptors (Lipinski definition) is 3. The molecule has 3 rings (SSSR count). The average molecular weight is 240 g/mol. The molecule has 1 aromatic heterocycles. The van der Waals surface area contributed by atoms with Crippen LogP contribution in [0.1, 0.15) is 0 Å². The highest BCUT2D eigenvalue weighted by Gasteiger charge is 2.06. The zero-order chi connectivity index (χ0) is 12.5. The summed E-state index contributed by atoms with van der Waals surface area (Å²) in [4.78, 5) is 7.99. The second-order valence-electron chi connectivity index (χ2n) is 3.91. The Morgan fingerprint density at radius 2 is 1.83 bits per heavy atom. The largest absolute Gasteiger partial charge is 0.492 e. The molecule has 0 unspecified atom stereocenters. The van der Waals surface area contributed by atoms with Crippen molar-refractivity contribution in [2.24, 2.45) is 0 Å². The molecule has 0 amide bonds. The number of nitrogens with zero attached hydrogens (tertiary/aromatic N) is 2. The highest BCUT2D eigenvalue weighted by molar-refractivity contribution is 5.81. The van der Waals surface area contributed by atoms with Crippen molar-refractivity contribution in [2.45, 2.75) is 0 Å². The molecule has 3 nitrogen and oxygen atoms in total. The Kier molecular flexibility index (Phi) is 2.41. The maximum absolute atomic E-state index is 13.7. The van der Waals surface area contributed by atoms with Crippen molar-refractivity contribution in [1.29, 1.82) is 0 Å². The Labute approximate surface area is 103 Å². The molecule has 2 aromatic carbocycles. The first kappa shape index (κ1) is 10.7. The monoisotopic (exact) mass is 240 g/mol. The van der Waals surface area contributed by atoms with E-state index < -0.39 is 0 Å². The smallest absolute Gasteiger partial charge is 0.230 e. The quantitative estimate of drug-likeness (QED) is 0.710. The molecular formula is C14H9FN2O. The molecule has 0 fully saturated rings. The molecule has 0 radical (unpaired) electrons. The summed E-state index contributed by atoms with van der Waals surface area (Å²) in [6, 6.07) is 11.8. The van der Waals surface area contributed by atoms with Gasteiger partial charge >= 0.3 is 0 Å². The van der Waals surface area contributed by atoms with Crippen molar-refractivity contribution in [1.82, 2.24) is 9.97 Å². The number of benzene rings is 2. The molecule has 0 spiro atoms. The third kappa shape index (κ3) is 1.78. The normalized spacial score (nSPS) is 10.7. The van der Waals surface area contributed by atoms with Gasteiger partial charge in [-0.15, -0.1) is 0 Å². The first-order valence-corrected chi connectivity index (χ1v) is 5.45. The maximum atomic E-state index is 13.7. The molecule has 0 aliphatic rings. The van der Waals surface area contributed by atoms with Crippen LogP contribution >= 0.6 is 0 Å². The van der Waals surface area contributed by atoms with E-state index in [-0.39, 0.29) is 11.7 Å². The van der Waals surface area contributed by atoms with Crippen molar-refractivity contribution >= 4 is 11.0 Å². The first-order valence-electron chi connectivity index (χ1n) is 5.45. The zero-order valence-electron chi connectivity index (χ0n) is 9.34. The van der Waals surface area contributed by atoms with E-state index in [0.29, 0.717) is 22.2 Å². The van der Waals surface area contributed by atoms with Gasteiger partial charge < -0.3 is 5.11 Å². The molecule has 4 heteroatoms. The number of hydrogen-bond donors (Lipinski definition) is 1. The lowest BCUT2D eigenvalue weighted by atomic mass is 10.0. The van der Waals surface area contributed by atoms with Gasteiger partial charge in [0, 0.05) is 5.56 Å². The summed E-state index contributed by atoms with van der Waals surface area (Å²) >= 11 is 0. The van der Waals surface area contributed by atoms with Gasteiger partial charge in [0.25, 0.3) is 0 Å². The fourth-order valence-corrected chi connectivity index (χ4v) is 1.86. The van der Waals surface area contributed by atoms with Crippen LogP contribution in [0.15, 0.2) is 48.7 Å². The molecule has 0 saturated carbocycles. The summed E-state index contributed by atoms with van der Waals surface area (Å²) in [7, 11) is 0. The molecule has 0 atom stereocenters. The highest BCUT2D eigenvalue weighted by atomic mass is 19.1. The zero-order valence-corrected chi connectivity index (χ0v) is 9.34. The van der Waals surface area contributed by atoms with Crippen LogP contribution in [0.3, 0.4) is 0 Å². The Bertz CT molecular complexity index is 728. The molecule has 18 heavy (non-hydrogen) atoms. The van der Waals surface area contributed by atoms with Crippen LogP contribution in [-0.2, 0) is 0 Å². The molecular weight excluding hydrogens is 231 g/mol. The minimum Gasteiger partial charge on any atom is -0.492 e. The molecule has 1 heterocycles. The Hall–Kier alpha value is -2.49.